The molecule has 0 bridgehead atoms. The Labute approximate surface area is 134 Å². The molecule has 0 spiro atoms. The number of benzene rings is 1. The topological polar surface area (TPSA) is 111 Å². The highest BCUT2D eigenvalue weighted by Gasteiger charge is 2.34. The second kappa shape index (κ2) is 6.05. The fourth-order valence-corrected chi connectivity index (χ4v) is 2.62. The van der Waals surface area contributed by atoms with Gasteiger partial charge in [-0.1, -0.05) is 18.2 Å². The highest BCUT2D eigenvalue weighted by molar-refractivity contribution is 5.87. The van der Waals surface area contributed by atoms with Gasteiger partial charge >= 0.3 is 0 Å². The summed E-state index contributed by atoms with van der Waals surface area (Å²) in [6.07, 6.45) is 7.04. The van der Waals surface area contributed by atoms with Crippen LogP contribution >= 0.6 is 0 Å². The molecule has 0 amide bonds. The molecular formula is C16H18N6O. The molecule has 0 fully saturated rings. The number of ether oxygens (including phenoxy) is 1. The number of nitrogens with one attached hydrogen (secondary N) is 1. The highest BCUT2D eigenvalue weighted by atomic mass is 16.5. The number of aliphatic imine (C=N–C) groups is 1. The minimum Gasteiger partial charge on any atom is -0.496 e. The summed E-state index contributed by atoms with van der Waals surface area (Å²) in [6, 6.07) is 7.69. The Morgan fingerprint density at radius 2 is 1.96 bits per heavy atom. The number of aromatic nitrogens is 2. The molecule has 1 unspecified atom stereocenters. The summed E-state index contributed by atoms with van der Waals surface area (Å²) >= 11 is 0. The standard InChI is InChI=1S/C16H18N6O/c1-23-14-5-3-2-4-11(14)6-16(18)13(9-21-15(17)22-16)12-7-19-10-20-8-12/h2-5,7-10H,6,18H2,1H3,(H3,17,21,22). The first-order valence-electron chi connectivity index (χ1n) is 7.11. The van der Waals surface area contributed by atoms with Crippen molar-refractivity contribution < 1.29 is 4.74 Å². The maximum Gasteiger partial charge on any atom is 0.194 e. The largest absolute Gasteiger partial charge is 0.496 e. The number of rotatable bonds is 4. The minimum atomic E-state index is -1.03. The monoisotopic (exact) mass is 310 g/mol. The van der Waals surface area contributed by atoms with E-state index in [9.17, 15) is 0 Å². The van der Waals surface area contributed by atoms with Crippen LogP contribution in [0.5, 0.6) is 5.75 Å². The normalized spacial score (nSPS) is 20.3. The second-order valence-electron chi connectivity index (χ2n) is 5.24. The summed E-state index contributed by atoms with van der Waals surface area (Å²) in [5, 5.41) is 2.90. The predicted molar refractivity (Wildman–Crippen MR) is 88.4 cm³/mol. The Bertz CT molecular complexity index is 758. The lowest BCUT2D eigenvalue weighted by atomic mass is 9.89. The van der Waals surface area contributed by atoms with E-state index >= 15 is 0 Å². The number of para-hydroxylation sites is 1. The molecule has 1 aromatic heterocycles. The highest BCUT2D eigenvalue weighted by Crippen LogP contribution is 2.32. The van der Waals surface area contributed by atoms with Gasteiger partial charge in [-0.05, 0) is 11.6 Å². The fourth-order valence-electron chi connectivity index (χ4n) is 2.62. The molecule has 2 heterocycles. The van der Waals surface area contributed by atoms with Crippen LogP contribution < -0.4 is 21.5 Å². The zero-order chi connectivity index (χ0) is 16.3. The molecular weight excluding hydrogens is 292 g/mol. The number of hydrogen-bond donors (Lipinski definition) is 3. The first-order valence-corrected chi connectivity index (χ1v) is 7.11. The van der Waals surface area contributed by atoms with Gasteiger partial charge in [0, 0.05) is 36.2 Å². The summed E-state index contributed by atoms with van der Waals surface area (Å²) in [4.78, 5) is 12.5. The lowest BCUT2D eigenvalue weighted by Crippen LogP contribution is -2.48. The second-order valence-corrected chi connectivity index (χ2v) is 5.24. The van der Waals surface area contributed by atoms with Gasteiger partial charge < -0.3 is 21.5 Å². The summed E-state index contributed by atoms with van der Waals surface area (Å²) in [5.41, 5.74) is 13.9. The van der Waals surface area contributed by atoms with Gasteiger partial charge in [-0.25, -0.2) is 15.0 Å². The third-order valence-electron chi connectivity index (χ3n) is 3.67. The van der Waals surface area contributed by atoms with E-state index in [0.29, 0.717) is 6.42 Å². The van der Waals surface area contributed by atoms with E-state index in [4.69, 9.17) is 16.2 Å². The van der Waals surface area contributed by atoms with E-state index < -0.39 is 5.66 Å². The van der Waals surface area contributed by atoms with E-state index in [1.165, 1.54) is 6.33 Å². The van der Waals surface area contributed by atoms with Crippen molar-refractivity contribution in [1.82, 2.24) is 15.3 Å². The average Bonchev–Trinajstić information content (AvgIpc) is 2.56. The van der Waals surface area contributed by atoms with Crippen LogP contribution in [0.25, 0.3) is 5.57 Å². The SMILES string of the molecule is COc1ccccc1CC1(N)N=C(N)NC=C1c1cncnc1. The fraction of sp³-hybridized carbons (Fsp3) is 0.188. The van der Waals surface area contributed by atoms with Crippen molar-refractivity contribution in [3.63, 3.8) is 0 Å². The van der Waals surface area contributed by atoms with Crippen LogP contribution in [0.15, 0.2) is 54.2 Å². The molecule has 7 heteroatoms. The van der Waals surface area contributed by atoms with Crippen molar-refractivity contribution >= 4 is 11.5 Å². The predicted octanol–water partition coefficient (Wildman–Crippen LogP) is 0.642. The van der Waals surface area contributed by atoms with Crippen LogP contribution in [0, 0.1) is 0 Å². The van der Waals surface area contributed by atoms with E-state index in [-0.39, 0.29) is 5.96 Å². The number of guanidine groups is 1. The average molecular weight is 310 g/mol. The number of nitrogens with zero attached hydrogens (tertiary/aromatic N) is 3. The van der Waals surface area contributed by atoms with Crippen LogP contribution in [-0.4, -0.2) is 28.7 Å². The molecule has 1 aromatic carbocycles. The maximum atomic E-state index is 6.59. The number of hydrogen-bond acceptors (Lipinski definition) is 7. The van der Waals surface area contributed by atoms with Crippen LogP contribution in [0.1, 0.15) is 11.1 Å². The molecule has 1 atom stereocenters. The van der Waals surface area contributed by atoms with Gasteiger partial charge in [-0.15, -0.1) is 0 Å². The van der Waals surface area contributed by atoms with Gasteiger partial charge in [0.1, 0.15) is 17.7 Å². The molecule has 0 aliphatic carbocycles. The molecule has 118 valence electrons. The van der Waals surface area contributed by atoms with Crippen molar-refractivity contribution in [3.05, 3.63) is 60.3 Å². The van der Waals surface area contributed by atoms with Gasteiger partial charge in [-0.3, -0.25) is 0 Å². The van der Waals surface area contributed by atoms with E-state index in [0.717, 1.165) is 22.4 Å². The van der Waals surface area contributed by atoms with Crippen LogP contribution in [0.4, 0.5) is 0 Å². The lowest BCUT2D eigenvalue weighted by Gasteiger charge is -2.32. The van der Waals surface area contributed by atoms with Gasteiger partial charge in [0.05, 0.1) is 7.11 Å². The molecule has 1 aliphatic rings. The Morgan fingerprint density at radius 1 is 1.22 bits per heavy atom. The molecule has 2 aromatic rings. The molecule has 7 nitrogen and oxygen atoms in total. The van der Waals surface area contributed by atoms with Gasteiger partial charge in [0.25, 0.3) is 0 Å². The zero-order valence-electron chi connectivity index (χ0n) is 12.7. The summed E-state index contributed by atoms with van der Waals surface area (Å²) < 4.78 is 5.40. The van der Waals surface area contributed by atoms with Crippen molar-refractivity contribution in [1.29, 1.82) is 0 Å². The van der Waals surface area contributed by atoms with Crippen molar-refractivity contribution in [2.45, 2.75) is 12.1 Å². The molecule has 3 rings (SSSR count). The van der Waals surface area contributed by atoms with Crippen molar-refractivity contribution in [2.75, 3.05) is 7.11 Å². The minimum absolute atomic E-state index is 0.267. The smallest absolute Gasteiger partial charge is 0.194 e. The molecule has 0 saturated heterocycles. The van der Waals surface area contributed by atoms with Crippen LogP contribution in [0.3, 0.4) is 0 Å². The van der Waals surface area contributed by atoms with Crippen LogP contribution in [-0.2, 0) is 6.42 Å². The first kappa shape index (κ1) is 15.0. The van der Waals surface area contributed by atoms with Crippen molar-refractivity contribution in [2.24, 2.45) is 16.5 Å². The molecule has 0 radical (unpaired) electrons. The molecule has 0 saturated carbocycles. The molecule has 23 heavy (non-hydrogen) atoms. The molecule has 5 N–H and O–H groups in total. The molecule has 1 aliphatic heterocycles. The van der Waals surface area contributed by atoms with Crippen LogP contribution in [0.2, 0.25) is 0 Å². The van der Waals surface area contributed by atoms with Gasteiger partial charge in [0.2, 0.25) is 0 Å². The first-order chi connectivity index (χ1) is 11.1. The summed E-state index contributed by atoms with van der Waals surface area (Å²) in [5.74, 6) is 1.02. The van der Waals surface area contributed by atoms with Gasteiger partial charge in [0.15, 0.2) is 5.96 Å². The Balaban J connectivity index is 2.01. The van der Waals surface area contributed by atoms with E-state index in [1.807, 2.05) is 24.3 Å². The van der Waals surface area contributed by atoms with E-state index in [1.54, 1.807) is 25.7 Å². The number of nitrogens with two attached hydrogens (primary N) is 2. The quantitative estimate of drug-likeness (QED) is 0.764. The van der Waals surface area contributed by atoms with E-state index in [2.05, 4.69) is 20.3 Å². The Morgan fingerprint density at radius 3 is 2.70 bits per heavy atom. The lowest BCUT2D eigenvalue weighted by molar-refractivity contribution is 0.405. The Hall–Kier alpha value is -2.93. The maximum absolute atomic E-state index is 6.59. The third kappa shape index (κ3) is 3.00. The summed E-state index contributed by atoms with van der Waals surface area (Å²) in [6.45, 7) is 0. The third-order valence-corrected chi connectivity index (χ3v) is 3.67. The van der Waals surface area contributed by atoms with Crippen molar-refractivity contribution in [3.8, 4) is 5.75 Å². The Kier molecular flexibility index (Phi) is 3.94. The zero-order valence-corrected chi connectivity index (χ0v) is 12.7. The summed E-state index contributed by atoms with van der Waals surface area (Å²) in [7, 11) is 1.63. The number of methoxy groups -OCH3 is 1. The van der Waals surface area contributed by atoms with Gasteiger partial charge in [-0.2, -0.15) is 0 Å².